The molecule has 0 fully saturated rings. The number of carbonyl (C=O) groups is 3. The first-order chi connectivity index (χ1) is 32.0. The van der Waals surface area contributed by atoms with E-state index < -0.39 is 6.10 Å². The molecule has 0 spiro atoms. The molecule has 0 heterocycles. The molecule has 0 aromatic heterocycles. The molecule has 0 amide bonds. The first-order valence-corrected chi connectivity index (χ1v) is 28.1. The number of hydrogen-bond donors (Lipinski definition) is 0. The van der Waals surface area contributed by atoms with Crippen molar-refractivity contribution in [3.63, 3.8) is 0 Å². The molecule has 0 aromatic rings. The fourth-order valence-electron chi connectivity index (χ4n) is 8.14. The van der Waals surface area contributed by atoms with E-state index in [-0.39, 0.29) is 31.1 Å². The van der Waals surface area contributed by atoms with Crippen LogP contribution in [0.2, 0.25) is 0 Å². The predicted octanol–water partition coefficient (Wildman–Crippen LogP) is 18.7. The van der Waals surface area contributed by atoms with E-state index in [0.717, 1.165) is 96.3 Å². The number of allylic oxidation sites excluding steroid dienone is 8. The van der Waals surface area contributed by atoms with Crippen LogP contribution in [0.1, 0.15) is 290 Å². The van der Waals surface area contributed by atoms with Gasteiger partial charge in [-0.1, -0.05) is 262 Å². The Hall–Kier alpha value is -2.63. The molecule has 0 radical (unpaired) electrons. The van der Waals surface area contributed by atoms with Crippen LogP contribution in [0.15, 0.2) is 48.6 Å². The largest absolute Gasteiger partial charge is 0.462 e. The summed E-state index contributed by atoms with van der Waals surface area (Å²) < 4.78 is 16.8. The lowest BCUT2D eigenvalue weighted by Gasteiger charge is -2.18. The van der Waals surface area contributed by atoms with E-state index in [9.17, 15) is 14.4 Å². The quantitative estimate of drug-likeness (QED) is 0.0262. The second-order valence-electron chi connectivity index (χ2n) is 18.8. The zero-order chi connectivity index (χ0) is 47.2. The molecule has 1 unspecified atom stereocenters. The molecule has 0 N–H and O–H groups in total. The Bertz CT molecular complexity index is 1140. The third-order valence-corrected chi connectivity index (χ3v) is 12.3. The molecular formula is C59H106O6. The summed E-state index contributed by atoms with van der Waals surface area (Å²) in [5.41, 5.74) is 0. The van der Waals surface area contributed by atoms with Crippen LogP contribution in [-0.4, -0.2) is 37.2 Å². The normalized spacial score (nSPS) is 12.4. The zero-order valence-electron chi connectivity index (χ0n) is 43.3. The standard InChI is InChI=1S/C59H106O6/c1-4-7-10-13-16-19-21-23-25-27-28-29-30-32-33-35-37-40-43-46-49-52-58(61)64-55-56(54-63-57(60)51-48-45-42-39-18-15-12-9-6-3)65-59(62)53-50-47-44-41-38-36-34-31-26-24-22-20-17-14-11-8-5-2/h8,11,17,20,24,26,34,36,56H,4-7,9-10,12-16,18-19,21-23,25,27-33,35,37-55H2,1-3H3/b11-8-,20-17-,26-24-,36-34-. The molecule has 6 nitrogen and oxygen atoms in total. The number of unbranched alkanes of at least 4 members (excludes halogenated alkanes) is 32. The van der Waals surface area contributed by atoms with Gasteiger partial charge in [0.15, 0.2) is 6.10 Å². The lowest BCUT2D eigenvalue weighted by atomic mass is 10.0. The highest BCUT2D eigenvalue weighted by Gasteiger charge is 2.19. The maximum Gasteiger partial charge on any atom is 0.306 e. The monoisotopic (exact) mass is 911 g/mol. The Morgan fingerprint density at radius 1 is 0.323 bits per heavy atom. The van der Waals surface area contributed by atoms with E-state index >= 15 is 0 Å². The van der Waals surface area contributed by atoms with Crippen molar-refractivity contribution in [3.05, 3.63) is 48.6 Å². The minimum atomic E-state index is -0.781. The minimum Gasteiger partial charge on any atom is -0.462 e. The van der Waals surface area contributed by atoms with Crippen molar-refractivity contribution in [2.24, 2.45) is 0 Å². The molecule has 1 atom stereocenters. The molecule has 0 saturated heterocycles. The van der Waals surface area contributed by atoms with E-state index in [0.29, 0.717) is 19.3 Å². The Morgan fingerprint density at radius 2 is 0.600 bits per heavy atom. The molecule has 0 rings (SSSR count). The summed E-state index contributed by atoms with van der Waals surface area (Å²) in [6, 6.07) is 0. The van der Waals surface area contributed by atoms with Gasteiger partial charge >= 0.3 is 17.9 Å². The van der Waals surface area contributed by atoms with Crippen molar-refractivity contribution in [3.8, 4) is 0 Å². The van der Waals surface area contributed by atoms with Gasteiger partial charge in [-0.05, 0) is 57.8 Å². The van der Waals surface area contributed by atoms with Crippen molar-refractivity contribution >= 4 is 17.9 Å². The van der Waals surface area contributed by atoms with E-state index in [1.165, 1.54) is 154 Å². The van der Waals surface area contributed by atoms with E-state index in [1.807, 2.05) is 0 Å². The second-order valence-corrected chi connectivity index (χ2v) is 18.8. The Balaban J connectivity index is 4.26. The minimum absolute atomic E-state index is 0.0794. The molecular weight excluding hydrogens is 805 g/mol. The average molecular weight is 911 g/mol. The van der Waals surface area contributed by atoms with Crippen LogP contribution in [0.4, 0.5) is 0 Å². The van der Waals surface area contributed by atoms with Crippen LogP contribution in [0.5, 0.6) is 0 Å². The number of carbonyl (C=O) groups excluding carboxylic acids is 3. The first-order valence-electron chi connectivity index (χ1n) is 28.1. The fraction of sp³-hybridized carbons (Fsp3) is 0.814. The summed E-state index contributed by atoms with van der Waals surface area (Å²) in [6.45, 7) is 6.52. The third kappa shape index (κ3) is 52.2. The molecule has 0 aliphatic carbocycles. The number of esters is 3. The summed E-state index contributed by atoms with van der Waals surface area (Å²) in [6.07, 6.45) is 65.4. The highest BCUT2D eigenvalue weighted by molar-refractivity contribution is 5.71. The highest BCUT2D eigenvalue weighted by atomic mass is 16.6. The van der Waals surface area contributed by atoms with Gasteiger partial charge in [0.25, 0.3) is 0 Å². The van der Waals surface area contributed by atoms with Gasteiger partial charge in [0, 0.05) is 19.3 Å². The lowest BCUT2D eigenvalue weighted by molar-refractivity contribution is -0.167. The molecule has 0 aliphatic rings. The SMILES string of the molecule is CC/C=C\C/C=C\C/C=C\C/C=C\CCCCCCC(=O)OC(COC(=O)CCCCCCCCCCC)COC(=O)CCCCCCCCCCCCCCCCCCCCCCC. The van der Waals surface area contributed by atoms with Gasteiger partial charge in [0.1, 0.15) is 13.2 Å². The Labute approximate surface area is 403 Å². The fourth-order valence-corrected chi connectivity index (χ4v) is 8.14. The maximum absolute atomic E-state index is 12.8. The smallest absolute Gasteiger partial charge is 0.306 e. The van der Waals surface area contributed by atoms with Crippen molar-refractivity contribution < 1.29 is 28.6 Å². The van der Waals surface area contributed by atoms with E-state index in [1.54, 1.807) is 0 Å². The van der Waals surface area contributed by atoms with Crippen molar-refractivity contribution in [1.82, 2.24) is 0 Å². The second kappa shape index (κ2) is 54.0. The summed E-state index contributed by atoms with van der Waals surface area (Å²) >= 11 is 0. The Kier molecular flexibility index (Phi) is 51.8. The van der Waals surface area contributed by atoms with E-state index in [2.05, 4.69) is 69.4 Å². The van der Waals surface area contributed by atoms with Gasteiger partial charge < -0.3 is 14.2 Å². The van der Waals surface area contributed by atoms with Crippen LogP contribution in [0.3, 0.4) is 0 Å². The van der Waals surface area contributed by atoms with Crippen LogP contribution in [-0.2, 0) is 28.6 Å². The van der Waals surface area contributed by atoms with Gasteiger partial charge in [-0.15, -0.1) is 0 Å². The number of hydrogen-bond acceptors (Lipinski definition) is 6. The van der Waals surface area contributed by atoms with Gasteiger partial charge in [-0.3, -0.25) is 14.4 Å². The average Bonchev–Trinajstić information content (AvgIpc) is 3.30. The molecule has 0 saturated carbocycles. The van der Waals surface area contributed by atoms with Gasteiger partial charge in [-0.2, -0.15) is 0 Å². The van der Waals surface area contributed by atoms with Crippen molar-refractivity contribution in [2.45, 2.75) is 297 Å². The molecule has 0 aliphatic heterocycles. The van der Waals surface area contributed by atoms with E-state index in [4.69, 9.17) is 14.2 Å². The summed E-state index contributed by atoms with van der Waals surface area (Å²) in [4.78, 5) is 38.0. The zero-order valence-corrected chi connectivity index (χ0v) is 43.3. The molecule has 0 aromatic carbocycles. The molecule has 0 bridgehead atoms. The first kappa shape index (κ1) is 62.4. The summed E-state index contributed by atoms with van der Waals surface area (Å²) in [5.74, 6) is -0.893. The highest BCUT2D eigenvalue weighted by Crippen LogP contribution is 2.17. The Morgan fingerprint density at radius 3 is 0.938 bits per heavy atom. The van der Waals surface area contributed by atoms with Crippen LogP contribution < -0.4 is 0 Å². The maximum atomic E-state index is 12.8. The third-order valence-electron chi connectivity index (χ3n) is 12.3. The predicted molar refractivity (Wildman–Crippen MR) is 279 cm³/mol. The van der Waals surface area contributed by atoms with Crippen LogP contribution in [0.25, 0.3) is 0 Å². The van der Waals surface area contributed by atoms with Crippen molar-refractivity contribution in [2.75, 3.05) is 13.2 Å². The number of rotatable bonds is 51. The topological polar surface area (TPSA) is 78.9 Å². The van der Waals surface area contributed by atoms with Gasteiger partial charge in [0.2, 0.25) is 0 Å². The molecule has 378 valence electrons. The molecule has 65 heavy (non-hydrogen) atoms. The van der Waals surface area contributed by atoms with Crippen molar-refractivity contribution in [1.29, 1.82) is 0 Å². The summed E-state index contributed by atoms with van der Waals surface area (Å²) in [5, 5.41) is 0. The molecule has 6 heteroatoms. The number of ether oxygens (including phenoxy) is 3. The van der Waals surface area contributed by atoms with Crippen LogP contribution in [0, 0.1) is 0 Å². The lowest BCUT2D eigenvalue weighted by Crippen LogP contribution is -2.30. The van der Waals surface area contributed by atoms with Gasteiger partial charge in [0.05, 0.1) is 0 Å². The van der Waals surface area contributed by atoms with Gasteiger partial charge in [-0.25, -0.2) is 0 Å². The van der Waals surface area contributed by atoms with Crippen LogP contribution >= 0.6 is 0 Å². The summed E-state index contributed by atoms with van der Waals surface area (Å²) in [7, 11) is 0.